The van der Waals surface area contributed by atoms with E-state index in [0.717, 1.165) is 19.6 Å². The number of nitrogens with one attached hydrogen (secondary N) is 1. The first-order chi connectivity index (χ1) is 8.77. The maximum absolute atomic E-state index is 11.8. The summed E-state index contributed by atoms with van der Waals surface area (Å²) >= 11 is 0. The van der Waals surface area contributed by atoms with Crippen LogP contribution in [0.2, 0.25) is 0 Å². The number of hydrogen-bond acceptors (Lipinski definition) is 2. The SMILES string of the molecule is CC(NCCC(=O)N1CCCC1)c1ccccc1. The van der Waals surface area contributed by atoms with Crippen LogP contribution in [0.5, 0.6) is 0 Å². The van der Waals surface area contributed by atoms with E-state index in [0.29, 0.717) is 18.4 Å². The third-order valence-corrected chi connectivity index (χ3v) is 3.55. The van der Waals surface area contributed by atoms with Crippen molar-refractivity contribution in [2.45, 2.75) is 32.2 Å². The van der Waals surface area contributed by atoms with Gasteiger partial charge in [0, 0.05) is 32.1 Å². The molecular formula is C15H22N2O. The van der Waals surface area contributed by atoms with Gasteiger partial charge in [0.25, 0.3) is 0 Å². The fourth-order valence-electron chi connectivity index (χ4n) is 2.38. The first-order valence-corrected chi connectivity index (χ1v) is 6.83. The highest BCUT2D eigenvalue weighted by molar-refractivity contribution is 5.76. The molecule has 0 aliphatic carbocycles. The predicted molar refractivity (Wildman–Crippen MR) is 73.3 cm³/mol. The predicted octanol–water partition coefficient (Wildman–Crippen LogP) is 2.35. The summed E-state index contributed by atoms with van der Waals surface area (Å²) in [6.45, 7) is 4.79. The van der Waals surface area contributed by atoms with Crippen molar-refractivity contribution in [1.82, 2.24) is 10.2 Å². The van der Waals surface area contributed by atoms with Crippen molar-refractivity contribution in [1.29, 1.82) is 0 Å². The van der Waals surface area contributed by atoms with Crippen molar-refractivity contribution in [3.63, 3.8) is 0 Å². The van der Waals surface area contributed by atoms with E-state index in [1.165, 1.54) is 18.4 Å². The minimum absolute atomic E-state index is 0.292. The quantitative estimate of drug-likeness (QED) is 0.865. The lowest BCUT2D eigenvalue weighted by Crippen LogP contribution is -2.31. The molecule has 1 aliphatic heterocycles. The van der Waals surface area contributed by atoms with E-state index >= 15 is 0 Å². The molecule has 1 aromatic carbocycles. The minimum Gasteiger partial charge on any atom is -0.343 e. The van der Waals surface area contributed by atoms with Gasteiger partial charge in [0.1, 0.15) is 0 Å². The van der Waals surface area contributed by atoms with Crippen molar-refractivity contribution >= 4 is 5.91 Å². The highest BCUT2D eigenvalue weighted by atomic mass is 16.2. The summed E-state index contributed by atoms with van der Waals surface area (Å²) in [5.74, 6) is 0.292. The number of carbonyl (C=O) groups is 1. The Bertz CT molecular complexity index is 371. The van der Waals surface area contributed by atoms with Crippen LogP contribution in [0.15, 0.2) is 30.3 Å². The lowest BCUT2D eigenvalue weighted by atomic mass is 10.1. The van der Waals surface area contributed by atoms with Crippen LogP contribution < -0.4 is 5.32 Å². The molecule has 0 bridgehead atoms. The fourth-order valence-corrected chi connectivity index (χ4v) is 2.38. The van der Waals surface area contributed by atoms with Gasteiger partial charge in [-0.05, 0) is 25.3 Å². The third-order valence-electron chi connectivity index (χ3n) is 3.55. The first kappa shape index (κ1) is 13.1. The summed E-state index contributed by atoms with van der Waals surface area (Å²) in [6, 6.07) is 10.6. The molecule has 1 N–H and O–H groups in total. The summed E-state index contributed by atoms with van der Waals surface area (Å²) < 4.78 is 0. The zero-order chi connectivity index (χ0) is 12.8. The lowest BCUT2D eigenvalue weighted by Gasteiger charge is -2.17. The summed E-state index contributed by atoms with van der Waals surface area (Å²) in [7, 11) is 0. The van der Waals surface area contributed by atoms with E-state index in [2.05, 4.69) is 24.4 Å². The molecule has 0 radical (unpaired) electrons. The van der Waals surface area contributed by atoms with Gasteiger partial charge in [0.15, 0.2) is 0 Å². The highest BCUT2D eigenvalue weighted by Gasteiger charge is 2.17. The Balaban J connectivity index is 1.70. The minimum atomic E-state index is 0.292. The second-order valence-corrected chi connectivity index (χ2v) is 4.92. The molecule has 0 saturated carbocycles. The molecule has 1 atom stereocenters. The maximum atomic E-state index is 11.8. The Morgan fingerprint density at radius 3 is 2.61 bits per heavy atom. The Kier molecular flexibility index (Phi) is 4.76. The molecule has 3 nitrogen and oxygen atoms in total. The van der Waals surface area contributed by atoms with E-state index in [1.54, 1.807) is 0 Å². The summed E-state index contributed by atoms with van der Waals surface area (Å²) in [5.41, 5.74) is 1.27. The normalized spacial score (nSPS) is 16.8. The Hall–Kier alpha value is -1.35. The number of likely N-dealkylation sites (tertiary alicyclic amines) is 1. The van der Waals surface area contributed by atoms with Crippen LogP contribution in [0.4, 0.5) is 0 Å². The van der Waals surface area contributed by atoms with Gasteiger partial charge in [-0.15, -0.1) is 0 Å². The lowest BCUT2D eigenvalue weighted by molar-refractivity contribution is -0.130. The Morgan fingerprint density at radius 2 is 1.94 bits per heavy atom. The number of rotatable bonds is 5. The summed E-state index contributed by atoms with van der Waals surface area (Å²) in [6.07, 6.45) is 2.94. The van der Waals surface area contributed by atoms with E-state index in [4.69, 9.17) is 0 Å². The number of benzene rings is 1. The van der Waals surface area contributed by atoms with Gasteiger partial charge in [-0.25, -0.2) is 0 Å². The van der Waals surface area contributed by atoms with Gasteiger partial charge >= 0.3 is 0 Å². The van der Waals surface area contributed by atoms with Crippen molar-refractivity contribution in [2.75, 3.05) is 19.6 Å². The van der Waals surface area contributed by atoms with Gasteiger partial charge in [0.2, 0.25) is 5.91 Å². The maximum Gasteiger partial charge on any atom is 0.223 e. The molecule has 1 unspecified atom stereocenters. The molecule has 0 aromatic heterocycles. The topological polar surface area (TPSA) is 32.3 Å². The van der Waals surface area contributed by atoms with Gasteiger partial charge in [-0.2, -0.15) is 0 Å². The molecule has 1 aromatic rings. The zero-order valence-corrected chi connectivity index (χ0v) is 11.1. The monoisotopic (exact) mass is 246 g/mol. The van der Waals surface area contributed by atoms with E-state index in [9.17, 15) is 4.79 Å². The molecule has 1 fully saturated rings. The highest BCUT2D eigenvalue weighted by Crippen LogP contribution is 2.12. The van der Waals surface area contributed by atoms with Crippen LogP contribution in [0.25, 0.3) is 0 Å². The number of hydrogen-bond donors (Lipinski definition) is 1. The van der Waals surface area contributed by atoms with Gasteiger partial charge < -0.3 is 10.2 Å². The molecule has 2 rings (SSSR count). The van der Waals surface area contributed by atoms with Gasteiger partial charge in [-0.1, -0.05) is 30.3 Å². The van der Waals surface area contributed by atoms with Crippen molar-refractivity contribution in [3.05, 3.63) is 35.9 Å². The van der Waals surface area contributed by atoms with Crippen molar-refractivity contribution < 1.29 is 4.79 Å². The van der Waals surface area contributed by atoms with Gasteiger partial charge in [0.05, 0.1) is 0 Å². The summed E-state index contributed by atoms with van der Waals surface area (Å²) in [4.78, 5) is 13.8. The molecule has 1 amide bonds. The molecule has 98 valence electrons. The van der Waals surface area contributed by atoms with Crippen molar-refractivity contribution in [3.8, 4) is 0 Å². The molecule has 1 saturated heterocycles. The van der Waals surface area contributed by atoms with E-state index < -0.39 is 0 Å². The molecular weight excluding hydrogens is 224 g/mol. The average molecular weight is 246 g/mol. The standard InChI is InChI=1S/C15H22N2O/c1-13(14-7-3-2-4-8-14)16-10-9-15(18)17-11-5-6-12-17/h2-4,7-8,13,16H,5-6,9-12H2,1H3. The van der Waals surface area contributed by atoms with Crippen LogP contribution in [-0.2, 0) is 4.79 Å². The average Bonchev–Trinajstić information content (AvgIpc) is 2.93. The number of nitrogens with zero attached hydrogens (tertiary/aromatic N) is 1. The van der Waals surface area contributed by atoms with Gasteiger partial charge in [-0.3, -0.25) is 4.79 Å². The fraction of sp³-hybridized carbons (Fsp3) is 0.533. The second kappa shape index (κ2) is 6.55. The van der Waals surface area contributed by atoms with Crippen LogP contribution >= 0.6 is 0 Å². The Labute approximate surface area is 109 Å². The van der Waals surface area contributed by atoms with Crippen molar-refractivity contribution in [2.24, 2.45) is 0 Å². The summed E-state index contributed by atoms with van der Waals surface area (Å²) in [5, 5.41) is 3.41. The first-order valence-electron chi connectivity index (χ1n) is 6.83. The second-order valence-electron chi connectivity index (χ2n) is 4.92. The smallest absolute Gasteiger partial charge is 0.223 e. The molecule has 1 heterocycles. The van der Waals surface area contributed by atoms with E-state index in [-0.39, 0.29) is 0 Å². The van der Waals surface area contributed by atoms with Crippen LogP contribution in [0, 0.1) is 0 Å². The number of carbonyl (C=O) groups excluding carboxylic acids is 1. The molecule has 3 heteroatoms. The largest absolute Gasteiger partial charge is 0.343 e. The molecule has 1 aliphatic rings. The zero-order valence-electron chi connectivity index (χ0n) is 11.1. The van der Waals surface area contributed by atoms with Crippen LogP contribution in [0.3, 0.4) is 0 Å². The molecule has 0 spiro atoms. The van der Waals surface area contributed by atoms with Crippen LogP contribution in [0.1, 0.15) is 37.8 Å². The van der Waals surface area contributed by atoms with Crippen LogP contribution in [-0.4, -0.2) is 30.4 Å². The third kappa shape index (κ3) is 3.57. The molecule has 18 heavy (non-hydrogen) atoms. The van der Waals surface area contributed by atoms with E-state index in [1.807, 2.05) is 23.1 Å². The Morgan fingerprint density at radius 1 is 1.28 bits per heavy atom. The number of amides is 1.